The van der Waals surface area contributed by atoms with Gasteiger partial charge in [-0.3, -0.25) is 0 Å². The average Bonchev–Trinajstić information content (AvgIpc) is 2.99. The van der Waals surface area contributed by atoms with Crippen LogP contribution in [0.15, 0.2) is 35.2 Å². The molecule has 0 aliphatic heterocycles. The molecule has 3 rings (SSSR count). The molecule has 102 valence electrons. The minimum Gasteiger partial charge on any atom is -0.475 e. The first-order valence-electron chi connectivity index (χ1n) is 6.28. The Morgan fingerprint density at radius 3 is 2.85 bits per heavy atom. The third-order valence-electron chi connectivity index (χ3n) is 3.52. The van der Waals surface area contributed by atoms with E-state index in [-0.39, 0.29) is 5.76 Å². The molecule has 0 spiro atoms. The van der Waals surface area contributed by atoms with Gasteiger partial charge in [0.1, 0.15) is 0 Å². The van der Waals surface area contributed by atoms with Gasteiger partial charge in [0.2, 0.25) is 5.76 Å². The highest BCUT2D eigenvalue weighted by molar-refractivity contribution is 5.86. The van der Waals surface area contributed by atoms with Crippen LogP contribution in [0.1, 0.15) is 27.2 Å². The largest absolute Gasteiger partial charge is 0.475 e. The van der Waals surface area contributed by atoms with E-state index in [0.29, 0.717) is 12.1 Å². The molecule has 20 heavy (non-hydrogen) atoms. The fourth-order valence-corrected chi connectivity index (χ4v) is 2.27. The first-order chi connectivity index (χ1) is 9.56. The number of imidazole rings is 1. The smallest absolute Gasteiger partial charge is 0.372 e. The summed E-state index contributed by atoms with van der Waals surface area (Å²) in [5, 5.41) is 9.06. The van der Waals surface area contributed by atoms with Crippen molar-refractivity contribution in [3.8, 4) is 0 Å². The quantitative estimate of drug-likeness (QED) is 0.794. The molecule has 5 heteroatoms. The summed E-state index contributed by atoms with van der Waals surface area (Å²) in [5.41, 5.74) is 4.91. The molecular weight excluding hydrogens is 256 g/mol. The molecular formula is C15H14N2O3. The molecule has 3 aromatic rings. The molecule has 0 aliphatic carbocycles. The molecule has 0 atom stereocenters. The van der Waals surface area contributed by atoms with E-state index >= 15 is 0 Å². The van der Waals surface area contributed by atoms with Gasteiger partial charge in [-0.15, -0.1) is 0 Å². The van der Waals surface area contributed by atoms with Crippen molar-refractivity contribution in [3.63, 3.8) is 0 Å². The van der Waals surface area contributed by atoms with Crippen molar-refractivity contribution >= 4 is 17.0 Å². The van der Waals surface area contributed by atoms with Crippen molar-refractivity contribution in [1.82, 2.24) is 9.55 Å². The zero-order valence-corrected chi connectivity index (χ0v) is 11.3. The zero-order valence-electron chi connectivity index (χ0n) is 11.3. The Morgan fingerprint density at radius 1 is 1.35 bits per heavy atom. The number of aryl methyl sites for hydroxylation is 2. The van der Waals surface area contributed by atoms with Crippen LogP contribution in [-0.4, -0.2) is 20.6 Å². The molecule has 1 aromatic carbocycles. The van der Waals surface area contributed by atoms with E-state index < -0.39 is 5.97 Å². The summed E-state index contributed by atoms with van der Waals surface area (Å²) in [5.74, 6) is -1.07. The second-order valence-electron chi connectivity index (χ2n) is 4.88. The van der Waals surface area contributed by atoms with E-state index in [1.54, 1.807) is 12.4 Å². The lowest BCUT2D eigenvalue weighted by molar-refractivity contribution is 0.0660. The molecule has 5 nitrogen and oxygen atoms in total. The van der Waals surface area contributed by atoms with E-state index in [2.05, 4.69) is 11.1 Å². The number of rotatable bonds is 3. The third kappa shape index (κ3) is 1.97. The molecule has 0 unspecified atom stereocenters. The molecule has 0 fully saturated rings. The van der Waals surface area contributed by atoms with Gasteiger partial charge >= 0.3 is 5.97 Å². The number of carboxylic acid groups (broad SMARTS) is 1. The Bertz CT molecular complexity index is 799. The summed E-state index contributed by atoms with van der Waals surface area (Å²) >= 11 is 0. The van der Waals surface area contributed by atoms with Crippen molar-refractivity contribution in [1.29, 1.82) is 0 Å². The van der Waals surface area contributed by atoms with Gasteiger partial charge in [-0.2, -0.15) is 0 Å². The molecule has 0 bridgehead atoms. The maximum absolute atomic E-state index is 11.1. The molecule has 0 amide bonds. The predicted molar refractivity (Wildman–Crippen MR) is 74.0 cm³/mol. The number of carbonyl (C=O) groups is 1. The fraction of sp³-hybridized carbons (Fsp3) is 0.200. The predicted octanol–water partition coefficient (Wildman–Crippen LogP) is 2.99. The van der Waals surface area contributed by atoms with Crippen LogP contribution < -0.4 is 0 Å². The number of aromatic nitrogens is 2. The second-order valence-corrected chi connectivity index (χ2v) is 4.88. The maximum Gasteiger partial charge on any atom is 0.372 e. The number of benzene rings is 1. The summed E-state index contributed by atoms with van der Waals surface area (Å²) in [7, 11) is 0. The van der Waals surface area contributed by atoms with Gasteiger partial charge in [0, 0.05) is 5.56 Å². The molecule has 1 N–H and O–H groups in total. The lowest BCUT2D eigenvalue weighted by Crippen LogP contribution is -2.04. The SMILES string of the molecule is Cc1cc2ncn(Cc3ccoc3C(=O)O)c2cc1C. The summed E-state index contributed by atoms with van der Waals surface area (Å²) < 4.78 is 6.93. The number of hydrogen-bond donors (Lipinski definition) is 1. The molecule has 2 heterocycles. The molecule has 0 saturated heterocycles. The molecule has 0 aliphatic rings. The fourth-order valence-electron chi connectivity index (χ4n) is 2.27. The highest BCUT2D eigenvalue weighted by atomic mass is 16.4. The van der Waals surface area contributed by atoms with Gasteiger partial charge in [0.05, 0.1) is 30.2 Å². The van der Waals surface area contributed by atoms with Gasteiger partial charge in [0.25, 0.3) is 0 Å². The number of nitrogens with zero attached hydrogens (tertiary/aromatic N) is 2. The minimum absolute atomic E-state index is 0.0179. The van der Waals surface area contributed by atoms with Crippen molar-refractivity contribution < 1.29 is 14.3 Å². The highest BCUT2D eigenvalue weighted by Gasteiger charge is 2.15. The Labute approximate surface area is 115 Å². The van der Waals surface area contributed by atoms with Gasteiger partial charge in [-0.1, -0.05) is 0 Å². The highest BCUT2D eigenvalue weighted by Crippen LogP contribution is 2.20. The summed E-state index contributed by atoms with van der Waals surface area (Å²) in [6, 6.07) is 5.78. The van der Waals surface area contributed by atoms with Crippen LogP contribution in [-0.2, 0) is 6.54 Å². The van der Waals surface area contributed by atoms with Crippen LogP contribution in [0.4, 0.5) is 0 Å². The number of furan rings is 1. The van der Waals surface area contributed by atoms with Gasteiger partial charge in [-0.05, 0) is 43.2 Å². The monoisotopic (exact) mass is 270 g/mol. The zero-order chi connectivity index (χ0) is 14.3. The van der Waals surface area contributed by atoms with Crippen LogP contribution in [0.5, 0.6) is 0 Å². The Balaban J connectivity index is 2.05. The maximum atomic E-state index is 11.1. The van der Waals surface area contributed by atoms with Crippen molar-refractivity contribution in [2.75, 3.05) is 0 Å². The summed E-state index contributed by atoms with van der Waals surface area (Å²) in [6.45, 7) is 4.52. The topological polar surface area (TPSA) is 68.3 Å². The normalized spacial score (nSPS) is 11.1. The molecule has 0 saturated carbocycles. The van der Waals surface area contributed by atoms with E-state index in [9.17, 15) is 4.79 Å². The summed E-state index contributed by atoms with van der Waals surface area (Å²) in [4.78, 5) is 15.4. The lowest BCUT2D eigenvalue weighted by Gasteiger charge is -2.05. The van der Waals surface area contributed by atoms with Crippen molar-refractivity contribution in [2.45, 2.75) is 20.4 Å². The lowest BCUT2D eigenvalue weighted by atomic mass is 10.1. The number of hydrogen-bond acceptors (Lipinski definition) is 3. The first kappa shape index (κ1) is 12.5. The van der Waals surface area contributed by atoms with Crippen LogP contribution in [0, 0.1) is 13.8 Å². The van der Waals surface area contributed by atoms with Crippen LogP contribution >= 0.6 is 0 Å². The van der Waals surface area contributed by atoms with Crippen molar-refractivity contribution in [3.05, 3.63) is 53.2 Å². The Hall–Kier alpha value is -2.56. The van der Waals surface area contributed by atoms with Crippen LogP contribution in [0.3, 0.4) is 0 Å². The van der Waals surface area contributed by atoms with E-state index in [0.717, 1.165) is 11.0 Å². The van der Waals surface area contributed by atoms with Crippen LogP contribution in [0.25, 0.3) is 11.0 Å². The molecule has 2 aromatic heterocycles. The Morgan fingerprint density at radius 2 is 2.10 bits per heavy atom. The van der Waals surface area contributed by atoms with E-state index in [4.69, 9.17) is 9.52 Å². The van der Waals surface area contributed by atoms with Gasteiger partial charge in [0.15, 0.2) is 0 Å². The number of aromatic carboxylic acids is 1. The third-order valence-corrected chi connectivity index (χ3v) is 3.52. The Kier molecular flexibility index (Phi) is 2.82. The van der Waals surface area contributed by atoms with Crippen molar-refractivity contribution in [2.24, 2.45) is 0 Å². The van der Waals surface area contributed by atoms with Gasteiger partial charge < -0.3 is 14.1 Å². The summed E-state index contributed by atoms with van der Waals surface area (Å²) in [6.07, 6.45) is 3.12. The van der Waals surface area contributed by atoms with Gasteiger partial charge in [-0.25, -0.2) is 9.78 Å². The standard InChI is InChI=1S/C15H14N2O3/c1-9-5-12-13(6-10(9)2)17(8-16-12)7-11-3-4-20-14(11)15(18)19/h3-6,8H,7H2,1-2H3,(H,18,19). The van der Waals surface area contributed by atoms with E-state index in [1.807, 2.05) is 24.5 Å². The second kappa shape index (κ2) is 4.52. The van der Waals surface area contributed by atoms with E-state index in [1.165, 1.54) is 17.4 Å². The molecule has 0 radical (unpaired) electrons. The average molecular weight is 270 g/mol. The van der Waals surface area contributed by atoms with Crippen LogP contribution in [0.2, 0.25) is 0 Å². The number of carboxylic acids is 1. The minimum atomic E-state index is -1.05. The first-order valence-corrected chi connectivity index (χ1v) is 6.28. The number of fused-ring (bicyclic) bond motifs is 1.